The zero-order valence-corrected chi connectivity index (χ0v) is 18.3. The molecule has 4 N–H and O–H groups in total. The highest BCUT2D eigenvalue weighted by atomic mass is 16.5. The largest absolute Gasteiger partial charge is 0.496 e. The van der Waals surface area contributed by atoms with Crippen molar-refractivity contribution in [1.29, 1.82) is 0 Å². The van der Waals surface area contributed by atoms with E-state index in [0.717, 1.165) is 46.8 Å². The lowest BCUT2D eigenvalue weighted by atomic mass is 9.93. The summed E-state index contributed by atoms with van der Waals surface area (Å²) < 4.78 is 5.73. The second-order valence-corrected chi connectivity index (χ2v) is 8.18. The summed E-state index contributed by atoms with van der Waals surface area (Å²) in [5, 5.41) is 7.07. The van der Waals surface area contributed by atoms with Crippen molar-refractivity contribution < 1.29 is 4.74 Å². The summed E-state index contributed by atoms with van der Waals surface area (Å²) in [5.41, 5.74) is 13.5. The molecule has 2 unspecified atom stereocenters. The molecule has 0 radical (unpaired) electrons. The Morgan fingerprint density at radius 3 is 2.56 bits per heavy atom. The zero-order chi connectivity index (χ0) is 22.1. The number of rotatable bonds is 4. The minimum atomic E-state index is -1.00. The third-order valence-electron chi connectivity index (χ3n) is 6.36. The number of hydrogen-bond acceptors (Lipinski definition) is 5. The van der Waals surface area contributed by atoms with Crippen molar-refractivity contribution in [2.24, 2.45) is 10.7 Å². The predicted molar refractivity (Wildman–Crippen MR) is 127 cm³/mol. The van der Waals surface area contributed by atoms with E-state index >= 15 is 0 Å². The molecule has 2 aromatic carbocycles. The zero-order valence-electron chi connectivity index (χ0n) is 18.3. The van der Waals surface area contributed by atoms with Crippen LogP contribution in [0.1, 0.15) is 29.9 Å². The van der Waals surface area contributed by atoms with Crippen LogP contribution in [0, 0.1) is 0 Å². The van der Waals surface area contributed by atoms with Gasteiger partial charge in [0, 0.05) is 47.8 Å². The Labute approximate surface area is 188 Å². The number of nitrogens with two attached hydrogens (primary N) is 1. The molecule has 6 nitrogen and oxygen atoms in total. The van der Waals surface area contributed by atoms with Crippen LogP contribution in [-0.4, -0.2) is 25.0 Å². The fraction of sp³-hybridized carbons (Fsp3) is 0.231. The Balaban J connectivity index is 1.54. The van der Waals surface area contributed by atoms with Gasteiger partial charge in [-0.2, -0.15) is 0 Å². The number of pyridine rings is 1. The first-order valence-electron chi connectivity index (χ1n) is 10.8. The van der Waals surface area contributed by atoms with Crippen molar-refractivity contribution in [1.82, 2.24) is 15.6 Å². The van der Waals surface area contributed by atoms with Gasteiger partial charge in [-0.15, -0.1) is 0 Å². The van der Waals surface area contributed by atoms with Gasteiger partial charge >= 0.3 is 0 Å². The van der Waals surface area contributed by atoms with E-state index in [-0.39, 0.29) is 5.92 Å². The summed E-state index contributed by atoms with van der Waals surface area (Å²) in [5.74, 6) is 0.862. The minimum Gasteiger partial charge on any atom is -0.496 e. The molecule has 2 heterocycles. The molecule has 162 valence electrons. The first-order valence-corrected chi connectivity index (χ1v) is 10.8. The first-order chi connectivity index (χ1) is 15.6. The fourth-order valence-electron chi connectivity index (χ4n) is 4.75. The van der Waals surface area contributed by atoms with E-state index < -0.39 is 5.79 Å². The van der Waals surface area contributed by atoms with Crippen LogP contribution in [0.25, 0.3) is 11.1 Å². The summed E-state index contributed by atoms with van der Waals surface area (Å²) in [4.78, 5) is 8.65. The molecule has 5 rings (SSSR count). The van der Waals surface area contributed by atoms with Gasteiger partial charge in [0.15, 0.2) is 5.79 Å². The number of aliphatic imine (C=N–C) groups is 1. The van der Waals surface area contributed by atoms with Crippen molar-refractivity contribution >= 4 is 5.84 Å². The number of benzene rings is 2. The first kappa shape index (κ1) is 20.3. The Hall–Kier alpha value is -3.64. The Kier molecular flexibility index (Phi) is 5.15. The third-order valence-corrected chi connectivity index (χ3v) is 6.36. The standard InChI is InChI=1S/C26H27N5O/c1-28-25-22-11-10-21(17-6-4-3-5-7-17)24(22)30-26(27,31-25)19-8-9-20(23(16-19)32-2)18-12-14-29-15-13-18/h3-9,12-16,21,30H,10-11,27H2,1-2H3,(H,28,31). The van der Waals surface area contributed by atoms with Crippen LogP contribution in [0.3, 0.4) is 0 Å². The molecule has 0 amide bonds. The number of hydrogen-bond donors (Lipinski definition) is 3. The summed E-state index contributed by atoms with van der Waals surface area (Å²) in [7, 11) is 3.48. The van der Waals surface area contributed by atoms with Gasteiger partial charge in [-0.25, -0.2) is 0 Å². The maximum absolute atomic E-state index is 6.95. The van der Waals surface area contributed by atoms with E-state index in [1.165, 1.54) is 11.1 Å². The smallest absolute Gasteiger partial charge is 0.190 e. The monoisotopic (exact) mass is 425 g/mol. The Bertz CT molecular complexity index is 1190. The number of nitrogens with one attached hydrogen (secondary N) is 2. The van der Waals surface area contributed by atoms with Gasteiger partial charge < -0.3 is 15.4 Å². The molecule has 1 aliphatic carbocycles. The lowest BCUT2D eigenvalue weighted by Crippen LogP contribution is -2.65. The summed E-state index contributed by atoms with van der Waals surface area (Å²) in [6, 6.07) is 20.6. The molecule has 32 heavy (non-hydrogen) atoms. The molecular formula is C26H27N5O. The molecule has 0 saturated heterocycles. The molecule has 2 atom stereocenters. The van der Waals surface area contributed by atoms with Gasteiger partial charge in [0.05, 0.1) is 7.11 Å². The van der Waals surface area contributed by atoms with Crippen LogP contribution >= 0.6 is 0 Å². The van der Waals surface area contributed by atoms with Crippen molar-refractivity contribution in [2.45, 2.75) is 24.5 Å². The van der Waals surface area contributed by atoms with Crippen molar-refractivity contribution in [3.8, 4) is 16.9 Å². The van der Waals surface area contributed by atoms with Crippen LogP contribution in [0.15, 0.2) is 89.3 Å². The number of aromatic nitrogens is 1. The van der Waals surface area contributed by atoms with E-state index in [2.05, 4.69) is 44.9 Å². The summed E-state index contributed by atoms with van der Waals surface area (Å²) in [6.07, 6.45) is 5.54. The normalized spacial score (nSPS) is 23.5. The van der Waals surface area contributed by atoms with Gasteiger partial charge in [0.25, 0.3) is 0 Å². The SMILES string of the molecule is CN=C1NC(N)(c2ccc(-c3ccncc3)c(OC)c2)NC2=C1CCC2c1ccccc1. The van der Waals surface area contributed by atoms with Gasteiger partial charge in [-0.1, -0.05) is 42.5 Å². The second kappa shape index (κ2) is 8.13. The van der Waals surface area contributed by atoms with Gasteiger partial charge in [-0.05, 0) is 42.2 Å². The molecular weight excluding hydrogens is 398 g/mol. The summed E-state index contributed by atoms with van der Waals surface area (Å²) in [6.45, 7) is 0. The van der Waals surface area contributed by atoms with Crippen LogP contribution in [0.4, 0.5) is 0 Å². The van der Waals surface area contributed by atoms with Gasteiger partial charge in [0.1, 0.15) is 11.6 Å². The average Bonchev–Trinajstić information content (AvgIpc) is 3.27. The lowest BCUT2D eigenvalue weighted by Gasteiger charge is -2.40. The Morgan fingerprint density at radius 2 is 1.84 bits per heavy atom. The van der Waals surface area contributed by atoms with Crippen LogP contribution < -0.4 is 21.1 Å². The maximum Gasteiger partial charge on any atom is 0.190 e. The van der Waals surface area contributed by atoms with E-state index in [0.29, 0.717) is 0 Å². The van der Waals surface area contributed by atoms with Crippen LogP contribution in [-0.2, 0) is 5.79 Å². The molecule has 3 aromatic rings. The minimum absolute atomic E-state index is 0.269. The van der Waals surface area contributed by atoms with Crippen LogP contribution in [0.2, 0.25) is 0 Å². The lowest BCUT2D eigenvalue weighted by molar-refractivity contribution is 0.329. The second-order valence-electron chi connectivity index (χ2n) is 8.18. The summed E-state index contributed by atoms with van der Waals surface area (Å²) >= 11 is 0. The highest BCUT2D eigenvalue weighted by molar-refractivity contribution is 6.01. The number of allylic oxidation sites excluding steroid dienone is 1. The number of methoxy groups -OCH3 is 1. The molecule has 2 aliphatic rings. The maximum atomic E-state index is 6.95. The number of nitrogens with zero attached hydrogens (tertiary/aromatic N) is 2. The molecule has 0 spiro atoms. The average molecular weight is 426 g/mol. The van der Waals surface area contributed by atoms with E-state index in [4.69, 9.17) is 10.5 Å². The topological polar surface area (TPSA) is 84.6 Å². The molecule has 1 aliphatic heterocycles. The Morgan fingerprint density at radius 1 is 1.06 bits per heavy atom. The molecule has 6 heteroatoms. The molecule has 0 bridgehead atoms. The third kappa shape index (κ3) is 3.42. The van der Waals surface area contributed by atoms with E-state index in [9.17, 15) is 0 Å². The fourth-order valence-corrected chi connectivity index (χ4v) is 4.75. The highest BCUT2D eigenvalue weighted by Gasteiger charge is 2.41. The van der Waals surface area contributed by atoms with Crippen LogP contribution in [0.5, 0.6) is 5.75 Å². The van der Waals surface area contributed by atoms with Gasteiger partial charge in [0.2, 0.25) is 0 Å². The molecule has 0 saturated carbocycles. The molecule has 0 fully saturated rings. The highest BCUT2D eigenvalue weighted by Crippen LogP contribution is 2.42. The quantitative estimate of drug-likeness (QED) is 0.591. The van der Waals surface area contributed by atoms with Gasteiger partial charge in [-0.3, -0.25) is 15.7 Å². The van der Waals surface area contributed by atoms with Crippen molar-refractivity contribution in [3.63, 3.8) is 0 Å². The van der Waals surface area contributed by atoms with E-state index in [1.54, 1.807) is 19.5 Å². The van der Waals surface area contributed by atoms with Crippen molar-refractivity contribution in [3.05, 3.63) is 95.5 Å². The van der Waals surface area contributed by atoms with E-state index in [1.807, 2.05) is 43.4 Å². The van der Waals surface area contributed by atoms with Crippen molar-refractivity contribution in [2.75, 3.05) is 14.2 Å². The molecule has 1 aromatic heterocycles. The number of amidine groups is 1. The number of ether oxygens (including phenoxy) is 1. The predicted octanol–water partition coefficient (Wildman–Crippen LogP) is 3.88.